The Bertz CT molecular complexity index is 1010. The molecule has 1 N–H and O–H groups in total. The maximum atomic E-state index is 13.3. The van der Waals surface area contributed by atoms with Crippen molar-refractivity contribution in [2.45, 2.75) is 36.1 Å². The molecule has 1 fully saturated rings. The van der Waals surface area contributed by atoms with E-state index in [1.807, 2.05) is 67.1 Å². The van der Waals surface area contributed by atoms with Gasteiger partial charge in [-0.25, -0.2) is 0 Å². The average Bonchev–Trinajstić information content (AvgIpc) is 3.50. The lowest BCUT2D eigenvalue weighted by Gasteiger charge is -2.18. The van der Waals surface area contributed by atoms with Crippen LogP contribution in [0.4, 0.5) is 5.69 Å². The SMILES string of the molecule is COc1ccc(C)cc1NC(=O)C(Sc1nnc(C2CC2)n1C)c1ccccc1. The van der Waals surface area contributed by atoms with E-state index in [1.54, 1.807) is 7.11 Å². The van der Waals surface area contributed by atoms with Gasteiger partial charge in [0.2, 0.25) is 5.91 Å². The summed E-state index contributed by atoms with van der Waals surface area (Å²) in [6, 6.07) is 15.5. The molecule has 1 unspecified atom stereocenters. The molecule has 0 saturated heterocycles. The number of aromatic nitrogens is 3. The molecular formula is C22H24N4O2S. The van der Waals surface area contributed by atoms with Crippen LogP contribution in [-0.2, 0) is 11.8 Å². The van der Waals surface area contributed by atoms with Gasteiger partial charge in [0.15, 0.2) is 5.16 Å². The standard InChI is InChI=1S/C22H24N4O2S/c1-14-9-12-18(28-3)17(13-14)23-21(27)19(15-7-5-4-6-8-15)29-22-25-24-20(26(22)2)16-10-11-16/h4-9,12-13,16,19H,10-11H2,1-3H3,(H,23,27). The van der Waals surface area contributed by atoms with E-state index in [2.05, 4.69) is 15.5 Å². The number of nitrogens with one attached hydrogen (secondary N) is 1. The molecule has 1 atom stereocenters. The summed E-state index contributed by atoms with van der Waals surface area (Å²) in [7, 11) is 3.57. The van der Waals surface area contributed by atoms with Gasteiger partial charge in [0.05, 0.1) is 12.8 Å². The number of benzene rings is 2. The van der Waals surface area contributed by atoms with E-state index >= 15 is 0 Å². The number of rotatable bonds is 7. The first kappa shape index (κ1) is 19.5. The van der Waals surface area contributed by atoms with Crippen LogP contribution in [0.1, 0.15) is 41.0 Å². The third-order valence-corrected chi connectivity index (χ3v) is 6.28. The number of amides is 1. The Hall–Kier alpha value is -2.80. The van der Waals surface area contributed by atoms with Crippen molar-refractivity contribution < 1.29 is 9.53 Å². The Balaban J connectivity index is 1.62. The summed E-state index contributed by atoms with van der Waals surface area (Å²) in [6.45, 7) is 1.98. The van der Waals surface area contributed by atoms with E-state index in [0.29, 0.717) is 17.4 Å². The number of aryl methyl sites for hydroxylation is 1. The van der Waals surface area contributed by atoms with Gasteiger partial charge >= 0.3 is 0 Å². The van der Waals surface area contributed by atoms with Crippen LogP contribution in [0.15, 0.2) is 53.7 Å². The molecule has 1 aliphatic rings. The van der Waals surface area contributed by atoms with E-state index in [0.717, 1.165) is 34.9 Å². The fourth-order valence-corrected chi connectivity index (χ4v) is 4.26. The molecule has 1 amide bonds. The van der Waals surface area contributed by atoms with Gasteiger partial charge in [-0.1, -0.05) is 48.2 Å². The van der Waals surface area contributed by atoms with Crippen LogP contribution >= 0.6 is 11.8 Å². The third-order valence-electron chi connectivity index (χ3n) is 4.99. The van der Waals surface area contributed by atoms with Crippen LogP contribution < -0.4 is 10.1 Å². The van der Waals surface area contributed by atoms with E-state index < -0.39 is 5.25 Å². The summed E-state index contributed by atoms with van der Waals surface area (Å²) in [5.74, 6) is 2.01. The molecule has 1 heterocycles. The van der Waals surface area contributed by atoms with Gasteiger partial charge < -0.3 is 14.6 Å². The van der Waals surface area contributed by atoms with Gasteiger partial charge in [0.1, 0.15) is 16.8 Å². The second-order valence-corrected chi connectivity index (χ2v) is 8.35. The number of hydrogen-bond acceptors (Lipinski definition) is 5. The number of ether oxygens (including phenoxy) is 1. The summed E-state index contributed by atoms with van der Waals surface area (Å²) >= 11 is 1.42. The normalized spacial score (nSPS) is 14.4. The van der Waals surface area contributed by atoms with E-state index in [-0.39, 0.29) is 5.91 Å². The van der Waals surface area contributed by atoms with Crippen LogP contribution in [0.25, 0.3) is 0 Å². The third kappa shape index (κ3) is 4.29. The van der Waals surface area contributed by atoms with Gasteiger partial charge in [-0.3, -0.25) is 4.79 Å². The molecule has 2 aromatic carbocycles. The van der Waals surface area contributed by atoms with Crippen molar-refractivity contribution in [3.63, 3.8) is 0 Å². The zero-order valence-corrected chi connectivity index (χ0v) is 17.6. The van der Waals surface area contributed by atoms with Crippen molar-refractivity contribution in [2.24, 2.45) is 7.05 Å². The molecule has 150 valence electrons. The summed E-state index contributed by atoms with van der Waals surface area (Å²) in [5, 5.41) is 12.0. The second kappa shape index (κ2) is 8.29. The predicted octanol–water partition coefficient (Wildman–Crippen LogP) is 4.48. The molecule has 1 aliphatic carbocycles. The molecular weight excluding hydrogens is 384 g/mol. The molecule has 0 bridgehead atoms. The lowest BCUT2D eigenvalue weighted by molar-refractivity contribution is -0.115. The Labute approximate surface area is 174 Å². The van der Waals surface area contributed by atoms with Crippen LogP contribution in [0.5, 0.6) is 5.75 Å². The van der Waals surface area contributed by atoms with Gasteiger partial charge in [-0.2, -0.15) is 0 Å². The molecule has 0 radical (unpaired) electrons. The highest BCUT2D eigenvalue weighted by atomic mass is 32.2. The molecule has 7 heteroatoms. The fourth-order valence-electron chi connectivity index (χ4n) is 3.25. The Kier molecular flexibility index (Phi) is 5.58. The number of nitrogens with zero attached hydrogens (tertiary/aromatic N) is 3. The van der Waals surface area contributed by atoms with Gasteiger partial charge in [0.25, 0.3) is 0 Å². The number of anilines is 1. The highest BCUT2D eigenvalue weighted by molar-refractivity contribution is 8.00. The Morgan fingerprint density at radius 3 is 2.66 bits per heavy atom. The maximum Gasteiger partial charge on any atom is 0.242 e. The van der Waals surface area contributed by atoms with Gasteiger partial charge in [-0.05, 0) is 43.0 Å². The van der Waals surface area contributed by atoms with E-state index in [1.165, 1.54) is 11.8 Å². The minimum Gasteiger partial charge on any atom is -0.495 e. The highest BCUT2D eigenvalue weighted by Crippen LogP contribution is 2.41. The highest BCUT2D eigenvalue weighted by Gasteiger charge is 2.31. The molecule has 1 saturated carbocycles. The minimum atomic E-state index is -0.462. The van der Waals surface area contributed by atoms with Crippen LogP contribution in [0, 0.1) is 6.92 Å². The molecule has 4 rings (SSSR count). The predicted molar refractivity (Wildman–Crippen MR) is 114 cm³/mol. The zero-order valence-electron chi connectivity index (χ0n) is 16.8. The number of hydrogen-bond donors (Lipinski definition) is 1. The lowest BCUT2D eigenvalue weighted by Crippen LogP contribution is -2.20. The molecule has 6 nitrogen and oxygen atoms in total. The number of carbonyl (C=O) groups excluding carboxylic acids is 1. The summed E-state index contributed by atoms with van der Waals surface area (Å²) in [4.78, 5) is 13.3. The number of thioether (sulfide) groups is 1. The van der Waals surface area contributed by atoms with Gasteiger partial charge in [-0.15, -0.1) is 10.2 Å². The van der Waals surface area contributed by atoms with Crippen LogP contribution in [-0.4, -0.2) is 27.8 Å². The van der Waals surface area contributed by atoms with Crippen molar-refractivity contribution in [1.29, 1.82) is 0 Å². The summed E-state index contributed by atoms with van der Waals surface area (Å²) in [5.41, 5.74) is 2.63. The first-order valence-electron chi connectivity index (χ1n) is 9.63. The van der Waals surface area contributed by atoms with Crippen LogP contribution in [0.2, 0.25) is 0 Å². The second-order valence-electron chi connectivity index (χ2n) is 7.28. The van der Waals surface area contributed by atoms with E-state index in [9.17, 15) is 4.79 Å². The van der Waals surface area contributed by atoms with Gasteiger partial charge in [0, 0.05) is 13.0 Å². The number of methoxy groups -OCH3 is 1. The summed E-state index contributed by atoms with van der Waals surface area (Å²) in [6.07, 6.45) is 2.32. The van der Waals surface area contributed by atoms with Crippen molar-refractivity contribution in [3.05, 3.63) is 65.5 Å². The molecule has 0 spiro atoms. The first-order chi connectivity index (χ1) is 14.1. The summed E-state index contributed by atoms with van der Waals surface area (Å²) < 4.78 is 7.43. The lowest BCUT2D eigenvalue weighted by atomic mass is 10.1. The van der Waals surface area contributed by atoms with E-state index in [4.69, 9.17) is 4.74 Å². The van der Waals surface area contributed by atoms with Crippen LogP contribution in [0.3, 0.4) is 0 Å². The molecule has 1 aromatic heterocycles. The quantitative estimate of drug-likeness (QED) is 0.584. The van der Waals surface area contributed by atoms with Crippen molar-refractivity contribution in [3.8, 4) is 5.75 Å². The Morgan fingerprint density at radius 1 is 1.21 bits per heavy atom. The minimum absolute atomic E-state index is 0.124. The largest absolute Gasteiger partial charge is 0.495 e. The first-order valence-corrected chi connectivity index (χ1v) is 10.5. The van der Waals surface area contributed by atoms with Crippen molar-refractivity contribution >= 4 is 23.4 Å². The fraction of sp³-hybridized carbons (Fsp3) is 0.318. The zero-order chi connectivity index (χ0) is 20.4. The van der Waals surface area contributed by atoms with Crippen molar-refractivity contribution in [2.75, 3.05) is 12.4 Å². The van der Waals surface area contributed by atoms with Crippen molar-refractivity contribution in [1.82, 2.24) is 14.8 Å². The molecule has 3 aromatic rings. The monoisotopic (exact) mass is 408 g/mol. The Morgan fingerprint density at radius 2 is 1.97 bits per heavy atom. The smallest absolute Gasteiger partial charge is 0.242 e. The number of carbonyl (C=O) groups is 1. The molecule has 0 aliphatic heterocycles. The molecule has 29 heavy (non-hydrogen) atoms. The topological polar surface area (TPSA) is 69.0 Å². The average molecular weight is 409 g/mol. The maximum absolute atomic E-state index is 13.3.